The quantitative estimate of drug-likeness (QED) is 0.822. The topological polar surface area (TPSA) is 38.3 Å². The number of nitrogens with one attached hydrogen (secondary N) is 1. The number of hydrogen-bond donors (Lipinski definition) is 1. The van der Waals surface area contributed by atoms with Gasteiger partial charge in [-0.1, -0.05) is 30.3 Å². The Balaban J connectivity index is 0.00000128. The van der Waals surface area contributed by atoms with E-state index in [4.69, 9.17) is 4.74 Å². The van der Waals surface area contributed by atoms with Crippen molar-refractivity contribution in [3.63, 3.8) is 0 Å². The fourth-order valence-electron chi connectivity index (χ4n) is 1.72. The third kappa shape index (κ3) is 3.51. The van der Waals surface area contributed by atoms with E-state index in [2.05, 4.69) is 5.32 Å². The summed E-state index contributed by atoms with van der Waals surface area (Å²) in [6.45, 7) is 1.29. The Hall–Kier alpha value is -1.06. The van der Waals surface area contributed by atoms with Crippen LogP contribution >= 0.6 is 12.4 Å². The highest BCUT2D eigenvalue weighted by Crippen LogP contribution is 2.08. The lowest BCUT2D eigenvalue weighted by Gasteiger charge is -2.09. The Morgan fingerprint density at radius 2 is 2.12 bits per heavy atom. The van der Waals surface area contributed by atoms with Gasteiger partial charge in [-0.05, 0) is 24.9 Å². The largest absolute Gasteiger partial charge is 0.460 e. The zero-order chi connectivity index (χ0) is 10.5. The number of rotatable bonds is 3. The summed E-state index contributed by atoms with van der Waals surface area (Å²) >= 11 is 0. The van der Waals surface area contributed by atoms with E-state index in [0.717, 1.165) is 24.9 Å². The molecule has 1 aromatic rings. The Morgan fingerprint density at radius 1 is 1.38 bits per heavy atom. The molecule has 0 aromatic heterocycles. The van der Waals surface area contributed by atoms with Crippen molar-refractivity contribution in [3.8, 4) is 0 Å². The molecule has 1 aliphatic heterocycles. The van der Waals surface area contributed by atoms with Gasteiger partial charge in [-0.2, -0.15) is 0 Å². The first-order chi connectivity index (χ1) is 7.36. The number of hydrogen-bond acceptors (Lipinski definition) is 3. The van der Waals surface area contributed by atoms with Crippen molar-refractivity contribution in [2.24, 2.45) is 0 Å². The average molecular weight is 242 g/mol. The Bertz CT molecular complexity index is 323. The SMILES string of the molecule is Cl.O=C(OCc1ccccc1)C1CCCN1. The lowest BCUT2D eigenvalue weighted by atomic mass is 10.2. The van der Waals surface area contributed by atoms with Gasteiger partial charge in [0.1, 0.15) is 12.6 Å². The molecule has 0 bridgehead atoms. The molecule has 1 N–H and O–H groups in total. The van der Waals surface area contributed by atoms with E-state index in [-0.39, 0.29) is 24.4 Å². The van der Waals surface area contributed by atoms with Crippen LogP contribution < -0.4 is 5.32 Å². The predicted octanol–water partition coefficient (Wildman–Crippen LogP) is 1.90. The van der Waals surface area contributed by atoms with Crippen LogP contribution in [0.2, 0.25) is 0 Å². The first-order valence-corrected chi connectivity index (χ1v) is 5.30. The zero-order valence-corrected chi connectivity index (χ0v) is 9.83. The number of esters is 1. The summed E-state index contributed by atoms with van der Waals surface area (Å²) in [5.41, 5.74) is 1.03. The summed E-state index contributed by atoms with van der Waals surface area (Å²) in [5.74, 6) is -0.128. The van der Waals surface area contributed by atoms with Crippen molar-refractivity contribution < 1.29 is 9.53 Å². The molecule has 0 spiro atoms. The number of ether oxygens (including phenoxy) is 1. The summed E-state index contributed by atoms with van der Waals surface area (Å²) in [4.78, 5) is 11.5. The molecule has 2 rings (SSSR count). The van der Waals surface area contributed by atoms with Crippen LogP contribution in [0.4, 0.5) is 0 Å². The lowest BCUT2D eigenvalue weighted by molar-refractivity contribution is -0.147. The average Bonchev–Trinajstić information content (AvgIpc) is 2.81. The predicted molar refractivity (Wildman–Crippen MR) is 64.5 cm³/mol. The van der Waals surface area contributed by atoms with Crippen LogP contribution in [0.5, 0.6) is 0 Å². The highest BCUT2D eigenvalue weighted by atomic mass is 35.5. The normalized spacial score (nSPS) is 18.9. The highest BCUT2D eigenvalue weighted by molar-refractivity contribution is 5.85. The molecule has 0 radical (unpaired) electrons. The van der Waals surface area contributed by atoms with E-state index < -0.39 is 0 Å². The first-order valence-electron chi connectivity index (χ1n) is 5.30. The van der Waals surface area contributed by atoms with Gasteiger partial charge in [-0.15, -0.1) is 12.4 Å². The van der Waals surface area contributed by atoms with Crippen molar-refractivity contribution in [1.29, 1.82) is 0 Å². The zero-order valence-electron chi connectivity index (χ0n) is 9.02. The molecule has 1 saturated heterocycles. The molecule has 1 aliphatic rings. The number of halogens is 1. The third-order valence-electron chi connectivity index (χ3n) is 2.57. The summed E-state index contributed by atoms with van der Waals surface area (Å²) < 4.78 is 5.21. The van der Waals surface area contributed by atoms with Crippen LogP contribution in [-0.2, 0) is 16.1 Å². The van der Waals surface area contributed by atoms with Crippen LogP contribution in [0.1, 0.15) is 18.4 Å². The maximum Gasteiger partial charge on any atom is 0.323 e. The third-order valence-corrected chi connectivity index (χ3v) is 2.57. The Kier molecular flexibility index (Phi) is 5.29. The van der Waals surface area contributed by atoms with Gasteiger partial charge in [0.2, 0.25) is 0 Å². The van der Waals surface area contributed by atoms with Crippen molar-refractivity contribution in [2.75, 3.05) is 6.54 Å². The van der Waals surface area contributed by atoms with Crippen molar-refractivity contribution in [3.05, 3.63) is 35.9 Å². The van der Waals surface area contributed by atoms with Gasteiger partial charge in [0.15, 0.2) is 0 Å². The van der Waals surface area contributed by atoms with Crippen LogP contribution in [0, 0.1) is 0 Å². The second-order valence-electron chi connectivity index (χ2n) is 3.74. The maximum absolute atomic E-state index is 11.5. The smallest absolute Gasteiger partial charge is 0.323 e. The van der Waals surface area contributed by atoms with Crippen molar-refractivity contribution >= 4 is 18.4 Å². The van der Waals surface area contributed by atoms with Crippen LogP contribution in [0.3, 0.4) is 0 Å². The van der Waals surface area contributed by atoms with Gasteiger partial charge >= 0.3 is 5.97 Å². The standard InChI is InChI=1S/C12H15NO2.ClH/c14-12(11-7-4-8-13-11)15-9-10-5-2-1-3-6-10;/h1-3,5-6,11,13H,4,7-9H2;1H. The van der Waals surface area contributed by atoms with Crippen LogP contribution in [0.25, 0.3) is 0 Å². The van der Waals surface area contributed by atoms with E-state index in [1.54, 1.807) is 0 Å². The maximum atomic E-state index is 11.5. The molecular weight excluding hydrogens is 226 g/mol. The number of benzene rings is 1. The summed E-state index contributed by atoms with van der Waals surface area (Å²) in [6, 6.07) is 9.65. The van der Waals surface area contributed by atoms with Gasteiger partial charge in [0.05, 0.1) is 0 Å². The van der Waals surface area contributed by atoms with Gasteiger partial charge < -0.3 is 10.1 Å². The van der Waals surface area contributed by atoms with Crippen molar-refractivity contribution in [1.82, 2.24) is 5.32 Å². The Morgan fingerprint density at radius 3 is 2.75 bits per heavy atom. The molecular formula is C12H16ClNO2. The molecule has 0 aliphatic carbocycles. The molecule has 1 heterocycles. The fraction of sp³-hybridized carbons (Fsp3) is 0.417. The minimum absolute atomic E-state index is 0. The second kappa shape index (κ2) is 6.51. The molecule has 1 fully saturated rings. The monoisotopic (exact) mass is 241 g/mol. The molecule has 1 aromatic carbocycles. The van der Waals surface area contributed by atoms with Gasteiger partial charge in [-0.25, -0.2) is 0 Å². The van der Waals surface area contributed by atoms with E-state index in [0.29, 0.717) is 6.61 Å². The van der Waals surface area contributed by atoms with Crippen molar-refractivity contribution in [2.45, 2.75) is 25.5 Å². The first kappa shape index (κ1) is 13.0. The molecule has 0 amide bonds. The molecule has 88 valence electrons. The van der Waals surface area contributed by atoms with E-state index in [1.807, 2.05) is 30.3 Å². The number of carbonyl (C=O) groups excluding carboxylic acids is 1. The summed E-state index contributed by atoms with van der Waals surface area (Å²) in [6.07, 6.45) is 1.96. The summed E-state index contributed by atoms with van der Waals surface area (Å²) in [5, 5.41) is 3.12. The molecule has 3 nitrogen and oxygen atoms in total. The molecule has 1 unspecified atom stereocenters. The minimum atomic E-state index is -0.128. The summed E-state index contributed by atoms with van der Waals surface area (Å²) in [7, 11) is 0. The fourth-order valence-corrected chi connectivity index (χ4v) is 1.72. The van der Waals surface area contributed by atoms with E-state index >= 15 is 0 Å². The second-order valence-corrected chi connectivity index (χ2v) is 3.74. The molecule has 16 heavy (non-hydrogen) atoms. The van der Waals surface area contributed by atoms with Crippen LogP contribution in [0.15, 0.2) is 30.3 Å². The van der Waals surface area contributed by atoms with E-state index in [1.165, 1.54) is 0 Å². The minimum Gasteiger partial charge on any atom is -0.460 e. The number of carbonyl (C=O) groups is 1. The molecule has 0 saturated carbocycles. The Labute approximate surface area is 102 Å². The highest BCUT2D eigenvalue weighted by Gasteiger charge is 2.23. The van der Waals surface area contributed by atoms with Gasteiger partial charge in [-0.3, -0.25) is 4.79 Å². The van der Waals surface area contributed by atoms with Gasteiger partial charge in [0, 0.05) is 0 Å². The molecule has 4 heteroatoms. The van der Waals surface area contributed by atoms with E-state index in [9.17, 15) is 4.79 Å². The van der Waals surface area contributed by atoms with Crippen LogP contribution in [-0.4, -0.2) is 18.6 Å². The lowest BCUT2D eigenvalue weighted by Crippen LogP contribution is -2.32. The molecule has 1 atom stereocenters. The van der Waals surface area contributed by atoms with Gasteiger partial charge in [0.25, 0.3) is 0 Å².